The smallest absolute Gasteiger partial charge is 0.0811 e. The highest BCUT2D eigenvalue weighted by molar-refractivity contribution is 5.38. The van der Waals surface area contributed by atoms with E-state index >= 15 is 0 Å². The Kier molecular flexibility index (Phi) is 7.72. The summed E-state index contributed by atoms with van der Waals surface area (Å²) in [5, 5.41) is 20.2. The van der Waals surface area contributed by atoms with Crippen molar-refractivity contribution in [2.24, 2.45) is 35.0 Å². The first-order valence-electron chi connectivity index (χ1n) is 12.6. The fraction of sp³-hybridized carbons (Fsp3) is 0.786. The number of aliphatic hydroxyl groups excluding tert-OH is 2. The second-order valence-electron chi connectivity index (χ2n) is 11.4. The second-order valence-corrected chi connectivity index (χ2v) is 11.4. The molecule has 3 aliphatic carbocycles. The SMILES string of the molecule is C=C1/C(=C/C=C2\CCCC3(C)C2CCC3C(C)CCC(C)C(C)C)CC(O)CC1O. The molecule has 2 nitrogen and oxygen atoms in total. The third-order valence-electron chi connectivity index (χ3n) is 9.20. The molecule has 0 radical (unpaired) electrons. The van der Waals surface area contributed by atoms with E-state index in [9.17, 15) is 10.2 Å². The van der Waals surface area contributed by atoms with Crippen LogP contribution in [0.25, 0.3) is 0 Å². The molecule has 0 amide bonds. The zero-order valence-electron chi connectivity index (χ0n) is 20.2. The van der Waals surface area contributed by atoms with Crippen LogP contribution in [-0.4, -0.2) is 22.4 Å². The maximum Gasteiger partial charge on any atom is 0.0811 e. The van der Waals surface area contributed by atoms with Crippen molar-refractivity contribution in [3.8, 4) is 0 Å². The summed E-state index contributed by atoms with van der Waals surface area (Å²) in [4.78, 5) is 0. The minimum Gasteiger partial charge on any atom is -0.393 e. The molecule has 30 heavy (non-hydrogen) atoms. The molecule has 2 N–H and O–H groups in total. The second kappa shape index (κ2) is 9.74. The number of hydrogen-bond donors (Lipinski definition) is 2. The van der Waals surface area contributed by atoms with Gasteiger partial charge in [-0.15, -0.1) is 0 Å². The molecule has 0 heterocycles. The topological polar surface area (TPSA) is 40.5 Å². The molecule has 0 spiro atoms. The monoisotopic (exact) mass is 414 g/mol. The quantitative estimate of drug-likeness (QED) is 0.500. The number of rotatable bonds is 6. The van der Waals surface area contributed by atoms with Gasteiger partial charge in [-0.25, -0.2) is 0 Å². The average Bonchev–Trinajstić information content (AvgIpc) is 3.04. The molecule has 0 aliphatic heterocycles. The summed E-state index contributed by atoms with van der Waals surface area (Å²) >= 11 is 0. The van der Waals surface area contributed by atoms with E-state index in [0.29, 0.717) is 24.2 Å². The van der Waals surface area contributed by atoms with Crippen molar-refractivity contribution in [1.29, 1.82) is 0 Å². The highest BCUT2D eigenvalue weighted by atomic mass is 16.3. The molecule has 3 saturated carbocycles. The standard InChI is InChI=1S/C28H46O2/c1-18(2)19(3)9-10-20(4)25-13-14-26-22(8-7-15-28(25,26)6)11-12-23-16-24(29)17-27(30)21(23)5/h11-12,18-20,24-27,29-30H,5,7-10,13-17H2,1-4,6H3/b22-11+,23-12+. The van der Waals surface area contributed by atoms with Crippen molar-refractivity contribution in [2.75, 3.05) is 0 Å². The molecule has 0 saturated heterocycles. The van der Waals surface area contributed by atoms with Gasteiger partial charge in [0, 0.05) is 6.42 Å². The van der Waals surface area contributed by atoms with Crippen LogP contribution in [0.4, 0.5) is 0 Å². The number of aliphatic hydroxyl groups is 2. The first kappa shape index (κ1) is 23.8. The van der Waals surface area contributed by atoms with E-state index in [4.69, 9.17) is 0 Å². The highest BCUT2D eigenvalue weighted by Crippen LogP contribution is 2.60. The molecule has 3 fully saturated rings. The molecule has 3 rings (SSSR count). The van der Waals surface area contributed by atoms with Crippen molar-refractivity contribution in [3.05, 3.63) is 35.5 Å². The Balaban J connectivity index is 1.72. The Labute approximate surface area is 185 Å². The lowest BCUT2D eigenvalue weighted by molar-refractivity contribution is 0.0861. The van der Waals surface area contributed by atoms with E-state index in [-0.39, 0.29) is 0 Å². The van der Waals surface area contributed by atoms with Crippen molar-refractivity contribution >= 4 is 0 Å². The predicted octanol–water partition coefficient (Wildman–Crippen LogP) is 6.84. The Morgan fingerprint density at radius 1 is 1.10 bits per heavy atom. The zero-order chi connectivity index (χ0) is 22.1. The van der Waals surface area contributed by atoms with E-state index < -0.39 is 12.2 Å². The maximum atomic E-state index is 10.1. The third-order valence-corrected chi connectivity index (χ3v) is 9.20. The molecule has 2 heteroatoms. The zero-order valence-corrected chi connectivity index (χ0v) is 20.2. The van der Waals surface area contributed by atoms with Crippen LogP contribution in [0.2, 0.25) is 0 Å². The molecule has 170 valence electrons. The molecule has 0 aromatic heterocycles. The lowest BCUT2D eigenvalue weighted by Crippen LogP contribution is -2.36. The van der Waals surface area contributed by atoms with Gasteiger partial charge in [-0.2, -0.15) is 0 Å². The number of allylic oxidation sites excluding steroid dienone is 3. The molecule has 0 aromatic carbocycles. The summed E-state index contributed by atoms with van der Waals surface area (Å²) in [6, 6.07) is 0. The van der Waals surface area contributed by atoms with Gasteiger partial charge in [0.15, 0.2) is 0 Å². The summed E-state index contributed by atoms with van der Waals surface area (Å²) < 4.78 is 0. The van der Waals surface area contributed by atoms with Gasteiger partial charge < -0.3 is 10.2 Å². The van der Waals surface area contributed by atoms with Crippen LogP contribution in [0.3, 0.4) is 0 Å². The predicted molar refractivity (Wildman–Crippen MR) is 127 cm³/mol. The maximum absolute atomic E-state index is 10.1. The first-order valence-corrected chi connectivity index (χ1v) is 12.6. The van der Waals surface area contributed by atoms with Crippen LogP contribution in [0.15, 0.2) is 35.5 Å². The van der Waals surface area contributed by atoms with Gasteiger partial charge in [-0.1, -0.05) is 71.8 Å². The molecular weight excluding hydrogens is 368 g/mol. The normalized spacial score (nSPS) is 39.5. The van der Waals surface area contributed by atoms with Gasteiger partial charge in [0.05, 0.1) is 12.2 Å². The lowest BCUT2D eigenvalue weighted by Gasteiger charge is -2.44. The van der Waals surface area contributed by atoms with Crippen molar-refractivity contribution in [3.63, 3.8) is 0 Å². The van der Waals surface area contributed by atoms with Gasteiger partial charge >= 0.3 is 0 Å². The van der Waals surface area contributed by atoms with Gasteiger partial charge in [0.25, 0.3) is 0 Å². The van der Waals surface area contributed by atoms with Crippen LogP contribution < -0.4 is 0 Å². The Morgan fingerprint density at radius 3 is 2.53 bits per heavy atom. The molecule has 0 bridgehead atoms. The summed E-state index contributed by atoms with van der Waals surface area (Å²) in [5.41, 5.74) is 3.87. The summed E-state index contributed by atoms with van der Waals surface area (Å²) in [5.74, 6) is 3.95. The molecule has 7 unspecified atom stereocenters. The minimum absolute atomic E-state index is 0.419. The average molecular weight is 415 g/mol. The fourth-order valence-electron chi connectivity index (χ4n) is 6.74. The van der Waals surface area contributed by atoms with E-state index in [1.165, 1.54) is 44.9 Å². The number of fused-ring (bicyclic) bond motifs is 1. The van der Waals surface area contributed by atoms with Crippen molar-refractivity contribution < 1.29 is 10.2 Å². The van der Waals surface area contributed by atoms with Crippen LogP contribution in [0.5, 0.6) is 0 Å². The molecule has 3 aliphatic rings. The van der Waals surface area contributed by atoms with Crippen molar-refractivity contribution in [1.82, 2.24) is 0 Å². The van der Waals surface area contributed by atoms with E-state index in [2.05, 4.69) is 53.3 Å². The Bertz CT molecular complexity index is 672. The third kappa shape index (κ3) is 4.96. The Hall–Kier alpha value is -0.860. The van der Waals surface area contributed by atoms with E-state index in [1.54, 1.807) is 5.57 Å². The summed E-state index contributed by atoms with van der Waals surface area (Å²) in [6.45, 7) is 16.3. The van der Waals surface area contributed by atoms with Crippen LogP contribution >= 0.6 is 0 Å². The van der Waals surface area contributed by atoms with Gasteiger partial charge in [0.1, 0.15) is 0 Å². The molecular formula is C28H46O2. The fourth-order valence-corrected chi connectivity index (χ4v) is 6.74. The van der Waals surface area contributed by atoms with Crippen molar-refractivity contribution in [2.45, 2.75) is 105 Å². The Morgan fingerprint density at radius 2 is 1.83 bits per heavy atom. The van der Waals surface area contributed by atoms with Gasteiger partial charge in [-0.05, 0) is 84.7 Å². The highest BCUT2D eigenvalue weighted by Gasteiger charge is 2.50. The number of hydrogen-bond acceptors (Lipinski definition) is 2. The van der Waals surface area contributed by atoms with Gasteiger partial charge in [0.2, 0.25) is 0 Å². The van der Waals surface area contributed by atoms with Gasteiger partial charge in [-0.3, -0.25) is 0 Å². The van der Waals surface area contributed by atoms with Crippen LogP contribution in [-0.2, 0) is 0 Å². The summed E-state index contributed by atoms with van der Waals surface area (Å²) in [6.07, 6.45) is 13.8. The largest absolute Gasteiger partial charge is 0.393 e. The first-order chi connectivity index (χ1) is 14.1. The van der Waals surface area contributed by atoms with Crippen LogP contribution in [0.1, 0.15) is 92.4 Å². The molecule has 7 atom stereocenters. The van der Waals surface area contributed by atoms with E-state index in [1.807, 2.05) is 0 Å². The van der Waals surface area contributed by atoms with E-state index in [0.717, 1.165) is 34.8 Å². The summed E-state index contributed by atoms with van der Waals surface area (Å²) in [7, 11) is 0. The molecule has 0 aromatic rings. The van der Waals surface area contributed by atoms with Crippen LogP contribution in [0, 0.1) is 35.0 Å². The lowest BCUT2D eigenvalue weighted by atomic mass is 9.60. The minimum atomic E-state index is -0.597.